The fourth-order valence-corrected chi connectivity index (χ4v) is 2.68. The fraction of sp³-hybridized carbons (Fsp3) is 0.500. The SMILES string of the molecule is CC1(C(=O)NCCc2ccc(CO)cc2)CC1(Cl)Cl. The monoisotopic (exact) mass is 301 g/mol. The highest BCUT2D eigenvalue weighted by molar-refractivity contribution is 6.53. The van der Waals surface area contributed by atoms with Crippen LogP contribution in [0.25, 0.3) is 0 Å². The van der Waals surface area contributed by atoms with Gasteiger partial charge < -0.3 is 10.4 Å². The summed E-state index contributed by atoms with van der Waals surface area (Å²) in [7, 11) is 0. The molecule has 3 nitrogen and oxygen atoms in total. The van der Waals surface area contributed by atoms with Crippen molar-refractivity contribution in [2.45, 2.75) is 30.7 Å². The number of nitrogens with one attached hydrogen (secondary N) is 1. The van der Waals surface area contributed by atoms with Crippen LogP contribution in [0, 0.1) is 5.41 Å². The highest BCUT2D eigenvalue weighted by atomic mass is 35.5. The molecule has 1 fully saturated rings. The first kappa shape index (κ1) is 14.6. The Kier molecular flexibility index (Phi) is 4.09. The van der Waals surface area contributed by atoms with E-state index in [1.807, 2.05) is 24.3 Å². The first-order valence-electron chi connectivity index (χ1n) is 6.24. The van der Waals surface area contributed by atoms with Gasteiger partial charge in [0.15, 0.2) is 0 Å². The lowest BCUT2D eigenvalue weighted by Gasteiger charge is -2.12. The van der Waals surface area contributed by atoms with Crippen LogP contribution in [0.3, 0.4) is 0 Å². The molecule has 19 heavy (non-hydrogen) atoms. The van der Waals surface area contributed by atoms with Crippen LogP contribution >= 0.6 is 23.2 Å². The van der Waals surface area contributed by atoms with E-state index in [1.165, 1.54) is 0 Å². The lowest BCUT2D eigenvalue weighted by atomic mass is 10.1. The first-order valence-corrected chi connectivity index (χ1v) is 6.99. The molecule has 0 saturated heterocycles. The maximum atomic E-state index is 11.9. The number of hydrogen-bond acceptors (Lipinski definition) is 2. The summed E-state index contributed by atoms with van der Waals surface area (Å²) in [6.45, 7) is 2.37. The first-order chi connectivity index (χ1) is 8.89. The van der Waals surface area contributed by atoms with E-state index >= 15 is 0 Å². The summed E-state index contributed by atoms with van der Waals surface area (Å²) < 4.78 is -0.917. The predicted molar refractivity (Wildman–Crippen MR) is 76.2 cm³/mol. The maximum Gasteiger partial charge on any atom is 0.229 e. The molecular weight excluding hydrogens is 285 g/mol. The van der Waals surface area contributed by atoms with E-state index < -0.39 is 9.75 Å². The summed E-state index contributed by atoms with van der Waals surface area (Å²) in [5, 5.41) is 11.8. The number of rotatable bonds is 5. The van der Waals surface area contributed by atoms with Crippen LogP contribution < -0.4 is 5.32 Å². The Hall–Kier alpha value is -0.770. The van der Waals surface area contributed by atoms with E-state index in [2.05, 4.69) is 5.32 Å². The number of amides is 1. The summed E-state index contributed by atoms with van der Waals surface area (Å²) in [4.78, 5) is 11.9. The Labute approximate surface area is 122 Å². The number of hydrogen-bond donors (Lipinski definition) is 2. The Balaban J connectivity index is 1.79. The van der Waals surface area contributed by atoms with Gasteiger partial charge in [-0.1, -0.05) is 24.3 Å². The van der Waals surface area contributed by atoms with Gasteiger partial charge in [-0.25, -0.2) is 0 Å². The van der Waals surface area contributed by atoms with Crippen molar-refractivity contribution in [3.8, 4) is 0 Å². The summed E-state index contributed by atoms with van der Waals surface area (Å²) in [6.07, 6.45) is 1.24. The molecule has 2 rings (SSSR count). The highest BCUT2D eigenvalue weighted by Gasteiger charge is 2.67. The normalized spacial score (nSPS) is 24.0. The molecule has 104 valence electrons. The molecule has 0 aromatic heterocycles. The van der Waals surface area contributed by atoms with Crippen LogP contribution in [0.4, 0.5) is 0 Å². The van der Waals surface area contributed by atoms with Crippen LogP contribution in [0.5, 0.6) is 0 Å². The molecule has 1 unspecified atom stereocenters. The highest BCUT2D eigenvalue weighted by Crippen LogP contribution is 2.63. The van der Waals surface area contributed by atoms with E-state index in [0.717, 1.165) is 17.5 Å². The number of carbonyl (C=O) groups excluding carboxylic acids is 1. The van der Waals surface area contributed by atoms with E-state index in [4.69, 9.17) is 28.3 Å². The number of carbonyl (C=O) groups is 1. The van der Waals surface area contributed by atoms with Gasteiger partial charge in [0.05, 0.1) is 12.0 Å². The second-order valence-electron chi connectivity index (χ2n) is 5.19. The smallest absolute Gasteiger partial charge is 0.229 e. The molecule has 1 aromatic rings. The molecular formula is C14H17Cl2NO2. The average molecular weight is 302 g/mol. The molecule has 1 aliphatic carbocycles. The summed E-state index contributed by atoms with van der Waals surface area (Å²) in [6, 6.07) is 7.65. The van der Waals surface area contributed by atoms with Gasteiger partial charge in [-0.15, -0.1) is 23.2 Å². The zero-order chi connectivity index (χ0) is 14.1. The fourth-order valence-electron chi connectivity index (χ4n) is 1.97. The minimum Gasteiger partial charge on any atom is -0.392 e. The third-order valence-corrected chi connectivity index (χ3v) is 4.77. The minimum atomic E-state index is -0.917. The van der Waals surface area contributed by atoms with Crippen LogP contribution in [0.1, 0.15) is 24.5 Å². The molecule has 0 bridgehead atoms. The molecule has 1 atom stereocenters. The van der Waals surface area contributed by atoms with Gasteiger partial charge in [0.25, 0.3) is 0 Å². The quantitative estimate of drug-likeness (QED) is 0.821. The van der Waals surface area contributed by atoms with Crippen LogP contribution in [0.2, 0.25) is 0 Å². The Morgan fingerprint density at radius 3 is 2.32 bits per heavy atom. The number of halogens is 2. The van der Waals surface area contributed by atoms with Crippen molar-refractivity contribution >= 4 is 29.1 Å². The number of aliphatic hydroxyl groups is 1. The van der Waals surface area contributed by atoms with Gasteiger partial charge in [0.2, 0.25) is 5.91 Å². The van der Waals surface area contributed by atoms with Crippen molar-refractivity contribution in [1.82, 2.24) is 5.32 Å². The second kappa shape index (κ2) is 5.31. The largest absolute Gasteiger partial charge is 0.392 e. The van der Waals surface area contributed by atoms with E-state index in [9.17, 15) is 4.79 Å². The average Bonchev–Trinajstić information content (AvgIpc) is 2.91. The number of aliphatic hydroxyl groups excluding tert-OH is 1. The van der Waals surface area contributed by atoms with Gasteiger partial charge in [0.1, 0.15) is 4.33 Å². The lowest BCUT2D eigenvalue weighted by Crippen LogP contribution is -2.34. The van der Waals surface area contributed by atoms with Crippen molar-refractivity contribution in [2.75, 3.05) is 6.54 Å². The van der Waals surface area contributed by atoms with Crippen LogP contribution in [0.15, 0.2) is 24.3 Å². The van der Waals surface area contributed by atoms with Gasteiger partial charge in [-0.2, -0.15) is 0 Å². The van der Waals surface area contributed by atoms with Crippen molar-refractivity contribution in [3.05, 3.63) is 35.4 Å². The lowest BCUT2D eigenvalue weighted by molar-refractivity contribution is -0.125. The Morgan fingerprint density at radius 1 is 1.32 bits per heavy atom. The Bertz CT molecular complexity index is 473. The number of alkyl halides is 2. The van der Waals surface area contributed by atoms with Gasteiger partial charge in [0, 0.05) is 6.54 Å². The van der Waals surface area contributed by atoms with Gasteiger partial charge in [-0.3, -0.25) is 4.79 Å². The molecule has 0 spiro atoms. The summed E-state index contributed by atoms with van der Waals surface area (Å²) in [5.41, 5.74) is 1.34. The molecule has 1 saturated carbocycles. The van der Waals surface area contributed by atoms with Crippen molar-refractivity contribution in [3.63, 3.8) is 0 Å². The number of benzene rings is 1. The van der Waals surface area contributed by atoms with Gasteiger partial charge >= 0.3 is 0 Å². The molecule has 1 aromatic carbocycles. The van der Waals surface area contributed by atoms with Crippen molar-refractivity contribution in [1.29, 1.82) is 0 Å². The van der Waals surface area contributed by atoms with Crippen LogP contribution in [-0.2, 0) is 17.8 Å². The van der Waals surface area contributed by atoms with E-state index in [-0.39, 0.29) is 12.5 Å². The molecule has 5 heteroatoms. The van der Waals surface area contributed by atoms with Gasteiger partial charge in [-0.05, 0) is 30.9 Å². The summed E-state index contributed by atoms with van der Waals surface area (Å²) in [5.74, 6) is -0.0931. The molecule has 0 aliphatic heterocycles. The van der Waals surface area contributed by atoms with Crippen molar-refractivity contribution < 1.29 is 9.90 Å². The third kappa shape index (κ3) is 3.04. The molecule has 1 amide bonds. The van der Waals surface area contributed by atoms with E-state index in [1.54, 1.807) is 6.92 Å². The zero-order valence-electron chi connectivity index (χ0n) is 10.7. The molecule has 1 aliphatic rings. The minimum absolute atomic E-state index is 0.0445. The maximum absolute atomic E-state index is 11.9. The zero-order valence-corrected chi connectivity index (χ0v) is 12.3. The predicted octanol–water partition coefficient (Wildman–Crippen LogP) is 2.42. The van der Waals surface area contributed by atoms with E-state index in [0.29, 0.717) is 13.0 Å². The molecule has 0 heterocycles. The third-order valence-electron chi connectivity index (χ3n) is 3.66. The molecule has 2 N–H and O–H groups in total. The molecule has 0 radical (unpaired) electrons. The second-order valence-corrected chi connectivity index (χ2v) is 6.68. The van der Waals surface area contributed by atoms with Crippen molar-refractivity contribution in [2.24, 2.45) is 5.41 Å². The standard InChI is InChI=1S/C14H17Cl2NO2/c1-13(9-14(13,15)16)12(19)17-7-6-10-2-4-11(8-18)5-3-10/h2-5,18H,6-9H2,1H3,(H,17,19). The topological polar surface area (TPSA) is 49.3 Å². The summed E-state index contributed by atoms with van der Waals surface area (Å²) >= 11 is 11.9. The Morgan fingerprint density at radius 2 is 1.84 bits per heavy atom. The van der Waals surface area contributed by atoms with Crippen LogP contribution in [-0.4, -0.2) is 21.9 Å².